The summed E-state index contributed by atoms with van der Waals surface area (Å²) < 4.78 is 41.0. The summed E-state index contributed by atoms with van der Waals surface area (Å²) in [4.78, 5) is 0. The van der Waals surface area contributed by atoms with Gasteiger partial charge in [-0.2, -0.15) is 13.2 Å². The molecule has 0 heterocycles. The van der Waals surface area contributed by atoms with Crippen LogP contribution in [0, 0.1) is 6.92 Å². The average molecular weight is 345 g/mol. The smallest absolute Gasteiger partial charge is 0.372 e. The van der Waals surface area contributed by atoms with Crippen LogP contribution in [0.5, 0.6) is 0 Å². The third kappa shape index (κ3) is 2.47. The van der Waals surface area contributed by atoms with E-state index in [9.17, 15) is 18.3 Å². The number of aryl methyl sites for hydroxylation is 1. The van der Waals surface area contributed by atoms with Crippen LogP contribution >= 0.6 is 15.9 Å². The number of rotatable bonds is 2. The molecule has 106 valence electrons. The van der Waals surface area contributed by atoms with Crippen molar-refractivity contribution in [3.05, 3.63) is 69.7 Å². The topological polar surface area (TPSA) is 20.2 Å². The Labute approximate surface area is 123 Å². The Hall–Kier alpha value is -1.33. The number of halogens is 4. The highest BCUT2D eigenvalue weighted by Crippen LogP contribution is 2.45. The van der Waals surface area contributed by atoms with E-state index >= 15 is 0 Å². The summed E-state index contributed by atoms with van der Waals surface area (Å²) in [5.41, 5.74) is -3.02. The second-order valence-electron chi connectivity index (χ2n) is 4.53. The molecule has 1 N–H and O–H groups in total. The molecule has 0 spiro atoms. The Morgan fingerprint density at radius 2 is 1.65 bits per heavy atom. The molecule has 0 aromatic heterocycles. The molecular weight excluding hydrogens is 333 g/mol. The fourth-order valence-electron chi connectivity index (χ4n) is 2.16. The van der Waals surface area contributed by atoms with Crippen LogP contribution < -0.4 is 0 Å². The first-order valence-corrected chi connectivity index (χ1v) is 6.67. The highest BCUT2D eigenvalue weighted by atomic mass is 79.9. The largest absolute Gasteiger partial charge is 0.425 e. The number of benzene rings is 2. The summed E-state index contributed by atoms with van der Waals surface area (Å²) in [6.45, 7) is 1.55. The van der Waals surface area contributed by atoms with Crippen molar-refractivity contribution >= 4 is 15.9 Å². The standard InChI is InChI=1S/C15H12BrF3O/c1-10-5-2-3-8-13(10)14(20,15(17,18)19)11-6-4-7-12(16)9-11/h2-9,20H,1H3. The van der Waals surface area contributed by atoms with Crippen molar-refractivity contribution in [1.29, 1.82) is 0 Å². The predicted molar refractivity (Wildman–Crippen MR) is 74.4 cm³/mol. The van der Waals surface area contributed by atoms with Gasteiger partial charge in [-0.15, -0.1) is 0 Å². The van der Waals surface area contributed by atoms with Crippen LogP contribution in [-0.4, -0.2) is 11.3 Å². The monoisotopic (exact) mass is 344 g/mol. The van der Waals surface area contributed by atoms with Crippen molar-refractivity contribution in [1.82, 2.24) is 0 Å². The Bertz CT molecular complexity index is 625. The van der Waals surface area contributed by atoms with Gasteiger partial charge in [0.15, 0.2) is 0 Å². The lowest BCUT2D eigenvalue weighted by atomic mass is 9.83. The van der Waals surface area contributed by atoms with E-state index < -0.39 is 11.8 Å². The SMILES string of the molecule is Cc1ccccc1C(O)(c1cccc(Br)c1)C(F)(F)F. The van der Waals surface area contributed by atoms with Crippen molar-refractivity contribution in [2.24, 2.45) is 0 Å². The van der Waals surface area contributed by atoms with Gasteiger partial charge in [0.1, 0.15) is 0 Å². The lowest BCUT2D eigenvalue weighted by Crippen LogP contribution is -2.43. The fourth-order valence-corrected chi connectivity index (χ4v) is 2.56. The van der Waals surface area contributed by atoms with Gasteiger partial charge in [-0.1, -0.05) is 52.3 Å². The first kappa shape index (κ1) is 15.1. The summed E-state index contributed by atoms with van der Waals surface area (Å²) in [6, 6.07) is 11.6. The molecule has 0 bridgehead atoms. The summed E-state index contributed by atoms with van der Waals surface area (Å²) in [6.07, 6.45) is -4.82. The molecule has 0 amide bonds. The van der Waals surface area contributed by atoms with Crippen LogP contribution in [0.4, 0.5) is 13.2 Å². The van der Waals surface area contributed by atoms with E-state index in [1.165, 1.54) is 30.3 Å². The molecule has 2 aromatic rings. The zero-order chi connectivity index (χ0) is 15.0. The van der Waals surface area contributed by atoms with E-state index in [0.29, 0.717) is 10.0 Å². The molecule has 0 aliphatic heterocycles. The van der Waals surface area contributed by atoms with Gasteiger partial charge in [-0.25, -0.2) is 0 Å². The molecule has 2 aromatic carbocycles. The Morgan fingerprint density at radius 1 is 1.00 bits per heavy atom. The van der Waals surface area contributed by atoms with Gasteiger partial charge in [-0.3, -0.25) is 0 Å². The summed E-state index contributed by atoms with van der Waals surface area (Å²) >= 11 is 3.13. The molecule has 0 fully saturated rings. The molecule has 0 saturated heterocycles. The minimum absolute atomic E-state index is 0.161. The minimum atomic E-state index is -4.82. The van der Waals surface area contributed by atoms with Gasteiger partial charge in [0.05, 0.1) is 0 Å². The van der Waals surface area contributed by atoms with Crippen LogP contribution in [0.15, 0.2) is 53.0 Å². The maximum Gasteiger partial charge on any atom is 0.425 e. The van der Waals surface area contributed by atoms with E-state index in [-0.39, 0.29) is 11.1 Å². The molecule has 1 atom stereocenters. The van der Waals surface area contributed by atoms with E-state index in [1.807, 2.05) is 0 Å². The number of alkyl halides is 3. The van der Waals surface area contributed by atoms with Crippen molar-refractivity contribution in [3.63, 3.8) is 0 Å². The summed E-state index contributed by atoms with van der Waals surface area (Å²) in [7, 11) is 0. The second-order valence-corrected chi connectivity index (χ2v) is 5.45. The van der Waals surface area contributed by atoms with Crippen LogP contribution in [0.1, 0.15) is 16.7 Å². The quantitative estimate of drug-likeness (QED) is 0.846. The van der Waals surface area contributed by atoms with E-state index in [2.05, 4.69) is 15.9 Å². The van der Waals surface area contributed by atoms with Crippen molar-refractivity contribution < 1.29 is 18.3 Å². The minimum Gasteiger partial charge on any atom is -0.372 e. The zero-order valence-corrected chi connectivity index (χ0v) is 12.2. The lowest BCUT2D eigenvalue weighted by molar-refractivity contribution is -0.248. The van der Waals surface area contributed by atoms with Gasteiger partial charge in [-0.05, 0) is 30.2 Å². The molecule has 20 heavy (non-hydrogen) atoms. The zero-order valence-electron chi connectivity index (χ0n) is 10.6. The van der Waals surface area contributed by atoms with Gasteiger partial charge < -0.3 is 5.11 Å². The first-order chi connectivity index (χ1) is 9.26. The third-order valence-electron chi connectivity index (χ3n) is 3.19. The molecule has 1 unspecified atom stereocenters. The molecule has 5 heteroatoms. The highest BCUT2D eigenvalue weighted by Gasteiger charge is 2.56. The Kier molecular flexibility index (Phi) is 3.93. The predicted octanol–water partition coefficient (Wildman–Crippen LogP) is 4.56. The van der Waals surface area contributed by atoms with Crippen molar-refractivity contribution in [3.8, 4) is 0 Å². The summed E-state index contributed by atoms with van der Waals surface area (Å²) in [5, 5.41) is 10.4. The molecule has 0 radical (unpaired) electrons. The molecule has 0 aliphatic carbocycles. The van der Waals surface area contributed by atoms with Gasteiger partial charge >= 0.3 is 6.18 Å². The Morgan fingerprint density at radius 3 is 2.20 bits per heavy atom. The van der Waals surface area contributed by atoms with E-state index in [0.717, 1.165) is 0 Å². The van der Waals surface area contributed by atoms with E-state index in [1.54, 1.807) is 25.1 Å². The number of hydrogen-bond donors (Lipinski definition) is 1. The highest BCUT2D eigenvalue weighted by molar-refractivity contribution is 9.10. The molecular formula is C15H12BrF3O. The van der Waals surface area contributed by atoms with Crippen LogP contribution in [0.2, 0.25) is 0 Å². The average Bonchev–Trinajstić information content (AvgIpc) is 2.37. The van der Waals surface area contributed by atoms with Crippen LogP contribution in [0.25, 0.3) is 0 Å². The number of aliphatic hydroxyl groups is 1. The molecule has 0 saturated carbocycles. The van der Waals surface area contributed by atoms with Crippen LogP contribution in [-0.2, 0) is 5.60 Å². The maximum absolute atomic E-state index is 13.5. The number of hydrogen-bond acceptors (Lipinski definition) is 1. The normalized spacial score (nSPS) is 14.9. The third-order valence-corrected chi connectivity index (χ3v) is 3.68. The van der Waals surface area contributed by atoms with Crippen molar-refractivity contribution in [2.75, 3.05) is 0 Å². The Balaban J connectivity index is 2.74. The van der Waals surface area contributed by atoms with E-state index in [4.69, 9.17) is 0 Å². The van der Waals surface area contributed by atoms with Crippen LogP contribution in [0.3, 0.4) is 0 Å². The lowest BCUT2D eigenvalue weighted by Gasteiger charge is -2.32. The van der Waals surface area contributed by atoms with Gasteiger partial charge in [0.25, 0.3) is 0 Å². The molecule has 2 rings (SSSR count). The molecule has 1 nitrogen and oxygen atoms in total. The first-order valence-electron chi connectivity index (χ1n) is 5.88. The summed E-state index contributed by atoms with van der Waals surface area (Å²) in [5.74, 6) is 0. The van der Waals surface area contributed by atoms with Crippen molar-refractivity contribution in [2.45, 2.75) is 18.7 Å². The molecule has 0 aliphatic rings. The van der Waals surface area contributed by atoms with Gasteiger partial charge in [0.2, 0.25) is 5.60 Å². The van der Waals surface area contributed by atoms with Gasteiger partial charge in [0, 0.05) is 10.0 Å². The second kappa shape index (κ2) is 5.22. The fraction of sp³-hybridized carbons (Fsp3) is 0.200. The maximum atomic E-state index is 13.5.